The van der Waals surface area contributed by atoms with Crippen LogP contribution in [0, 0.1) is 11.3 Å². The Morgan fingerprint density at radius 3 is 2.19 bits per heavy atom. The van der Waals surface area contributed by atoms with E-state index in [1.54, 1.807) is 24.3 Å². The molecule has 0 saturated carbocycles. The van der Waals surface area contributed by atoms with Gasteiger partial charge in [0.25, 0.3) is 5.91 Å². The van der Waals surface area contributed by atoms with Crippen LogP contribution in [0.4, 0.5) is 10.7 Å². The minimum atomic E-state index is -0.650. The number of thioether (sulfide) groups is 1. The molecule has 3 aromatic carbocycles. The van der Waals surface area contributed by atoms with Gasteiger partial charge in [-0.05, 0) is 72.1 Å². The Kier molecular flexibility index (Phi) is 10.6. The zero-order valence-corrected chi connectivity index (χ0v) is 29.1. The van der Waals surface area contributed by atoms with Gasteiger partial charge in [-0.2, -0.15) is 0 Å². The van der Waals surface area contributed by atoms with Gasteiger partial charge in [0.2, 0.25) is 5.91 Å². The molecule has 47 heavy (non-hydrogen) atoms. The molecule has 10 heteroatoms. The van der Waals surface area contributed by atoms with E-state index in [0.717, 1.165) is 40.2 Å². The van der Waals surface area contributed by atoms with Crippen LogP contribution in [0.5, 0.6) is 11.5 Å². The third-order valence-electron chi connectivity index (χ3n) is 8.46. The lowest BCUT2D eigenvalue weighted by Gasteiger charge is -2.33. The SMILES string of the molecule is COC(=O)c1c(NC(=O)C(Sc2cccc(NC(=O)c3c(OC)cccc3OC)c2)c2ccccc2)sc2c1CCC(C(C)(C)C)C2. The second kappa shape index (κ2) is 14.6. The molecule has 2 unspecified atom stereocenters. The number of nitrogens with one attached hydrogen (secondary N) is 2. The van der Waals surface area contributed by atoms with Crippen molar-refractivity contribution >= 4 is 51.6 Å². The molecule has 1 aliphatic carbocycles. The molecule has 1 heterocycles. The first-order chi connectivity index (χ1) is 22.5. The first kappa shape index (κ1) is 34.1. The molecule has 1 aromatic heterocycles. The van der Waals surface area contributed by atoms with Crippen molar-refractivity contribution < 1.29 is 28.6 Å². The van der Waals surface area contributed by atoms with Gasteiger partial charge in [0.05, 0.1) is 26.9 Å². The van der Waals surface area contributed by atoms with Crippen LogP contribution in [0.25, 0.3) is 0 Å². The maximum Gasteiger partial charge on any atom is 0.341 e. The molecule has 1 aliphatic rings. The van der Waals surface area contributed by atoms with Crippen molar-refractivity contribution in [3.63, 3.8) is 0 Å². The fourth-order valence-electron chi connectivity index (χ4n) is 5.86. The molecule has 0 spiro atoms. The number of hydrogen-bond acceptors (Lipinski definition) is 8. The second-order valence-corrected chi connectivity index (χ2v) is 14.7. The van der Waals surface area contributed by atoms with E-state index < -0.39 is 11.2 Å². The summed E-state index contributed by atoms with van der Waals surface area (Å²) in [5, 5.41) is 5.92. The second-order valence-electron chi connectivity index (χ2n) is 12.4. The van der Waals surface area contributed by atoms with Crippen LogP contribution in [-0.2, 0) is 22.4 Å². The number of carbonyl (C=O) groups is 3. The van der Waals surface area contributed by atoms with Crippen molar-refractivity contribution in [3.05, 3.63) is 99.9 Å². The number of fused-ring (bicyclic) bond motifs is 1. The highest BCUT2D eigenvalue weighted by Gasteiger charge is 2.35. The van der Waals surface area contributed by atoms with Gasteiger partial charge < -0.3 is 24.8 Å². The Morgan fingerprint density at radius 2 is 1.55 bits per heavy atom. The van der Waals surface area contributed by atoms with Crippen LogP contribution in [0.3, 0.4) is 0 Å². The summed E-state index contributed by atoms with van der Waals surface area (Å²) in [5.41, 5.74) is 3.22. The number of thiophene rings is 1. The standard InChI is InChI=1S/C37H40N2O6S2/c1-37(2,3)23-18-19-26-29(20-23)47-35(30(26)36(42)45-6)39-34(41)32(22-12-8-7-9-13-22)46-25-15-10-14-24(21-25)38-33(40)31-27(43-4)16-11-17-28(31)44-5/h7-17,21,23,32H,18-20H2,1-6H3,(H,38,40)(H,39,41). The molecule has 0 bridgehead atoms. The summed E-state index contributed by atoms with van der Waals surface area (Å²) in [6.07, 6.45) is 2.60. The van der Waals surface area contributed by atoms with Crippen molar-refractivity contribution in [2.24, 2.45) is 11.3 Å². The molecule has 8 nitrogen and oxygen atoms in total. The van der Waals surface area contributed by atoms with Crippen LogP contribution in [0.2, 0.25) is 0 Å². The van der Waals surface area contributed by atoms with E-state index in [1.165, 1.54) is 44.4 Å². The highest BCUT2D eigenvalue weighted by Crippen LogP contribution is 2.45. The summed E-state index contributed by atoms with van der Waals surface area (Å²) in [6.45, 7) is 6.74. The topological polar surface area (TPSA) is 103 Å². The zero-order valence-electron chi connectivity index (χ0n) is 27.5. The number of amides is 2. The van der Waals surface area contributed by atoms with Crippen LogP contribution >= 0.6 is 23.1 Å². The van der Waals surface area contributed by atoms with Gasteiger partial charge in [-0.3, -0.25) is 9.59 Å². The van der Waals surface area contributed by atoms with E-state index in [9.17, 15) is 14.4 Å². The van der Waals surface area contributed by atoms with Gasteiger partial charge in [-0.25, -0.2) is 4.79 Å². The number of hydrogen-bond donors (Lipinski definition) is 2. The third kappa shape index (κ3) is 7.66. The molecule has 2 N–H and O–H groups in total. The summed E-state index contributed by atoms with van der Waals surface area (Å²) in [7, 11) is 4.37. The van der Waals surface area contributed by atoms with Gasteiger partial charge in [0.1, 0.15) is 27.3 Å². The molecule has 5 rings (SSSR count). The summed E-state index contributed by atoms with van der Waals surface area (Å²) in [5.74, 6) is 0.181. The Labute approximate surface area is 284 Å². The molecule has 0 fully saturated rings. The molecule has 0 aliphatic heterocycles. The Morgan fingerprint density at radius 1 is 0.872 bits per heavy atom. The Hall–Kier alpha value is -4.28. The highest BCUT2D eigenvalue weighted by molar-refractivity contribution is 8.00. The van der Waals surface area contributed by atoms with Crippen LogP contribution in [0.1, 0.15) is 69.2 Å². The molecular formula is C37H40N2O6S2. The third-order valence-corrected chi connectivity index (χ3v) is 10.9. The van der Waals surface area contributed by atoms with Crippen molar-refractivity contribution in [3.8, 4) is 11.5 Å². The fraction of sp³-hybridized carbons (Fsp3) is 0.324. The predicted octanol–water partition coefficient (Wildman–Crippen LogP) is 8.43. The van der Waals surface area contributed by atoms with Gasteiger partial charge in [0, 0.05) is 15.5 Å². The monoisotopic (exact) mass is 672 g/mol. The predicted molar refractivity (Wildman–Crippen MR) is 188 cm³/mol. The van der Waals surface area contributed by atoms with Gasteiger partial charge in [-0.1, -0.05) is 63.2 Å². The number of anilines is 2. The number of methoxy groups -OCH3 is 3. The van der Waals surface area contributed by atoms with Crippen LogP contribution < -0.4 is 20.1 Å². The number of esters is 1. The summed E-state index contributed by atoms with van der Waals surface area (Å²) in [6, 6.07) is 22.0. The molecule has 0 radical (unpaired) electrons. The first-order valence-electron chi connectivity index (χ1n) is 15.4. The van der Waals surface area contributed by atoms with E-state index in [2.05, 4.69) is 31.4 Å². The van der Waals surface area contributed by atoms with E-state index in [-0.39, 0.29) is 22.8 Å². The van der Waals surface area contributed by atoms with E-state index in [1.807, 2.05) is 48.5 Å². The van der Waals surface area contributed by atoms with Gasteiger partial charge >= 0.3 is 5.97 Å². The minimum Gasteiger partial charge on any atom is -0.496 e. The molecule has 2 amide bonds. The maximum absolute atomic E-state index is 14.1. The van der Waals surface area contributed by atoms with Crippen molar-refractivity contribution in [2.75, 3.05) is 32.0 Å². The lowest BCUT2D eigenvalue weighted by molar-refractivity contribution is -0.115. The van der Waals surface area contributed by atoms with Gasteiger partial charge in [-0.15, -0.1) is 23.1 Å². The molecule has 2 atom stereocenters. The first-order valence-corrected chi connectivity index (χ1v) is 17.1. The number of benzene rings is 3. The van der Waals surface area contributed by atoms with E-state index in [0.29, 0.717) is 33.7 Å². The molecule has 0 saturated heterocycles. The lowest BCUT2D eigenvalue weighted by Crippen LogP contribution is -2.26. The van der Waals surface area contributed by atoms with Crippen LogP contribution in [-0.4, -0.2) is 39.1 Å². The average molecular weight is 673 g/mol. The normalized spacial score (nSPS) is 14.8. The van der Waals surface area contributed by atoms with Gasteiger partial charge in [0.15, 0.2) is 0 Å². The molecular weight excluding hydrogens is 633 g/mol. The molecule has 246 valence electrons. The summed E-state index contributed by atoms with van der Waals surface area (Å²) < 4.78 is 16.0. The fourth-order valence-corrected chi connectivity index (χ4v) is 8.26. The maximum atomic E-state index is 14.1. The van der Waals surface area contributed by atoms with Crippen molar-refractivity contribution in [2.45, 2.75) is 50.2 Å². The number of ether oxygens (including phenoxy) is 3. The highest BCUT2D eigenvalue weighted by atomic mass is 32.2. The quantitative estimate of drug-likeness (QED) is 0.129. The Balaban J connectivity index is 1.42. The smallest absolute Gasteiger partial charge is 0.341 e. The number of rotatable bonds is 10. The molecule has 4 aromatic rings. The van der Waals surface area contributed by atoms with E-state index >= 15 is 0 Å². The van der Waals surface area contributed by atoms with Crippen LogP contribution in [0.15, 0.2) is 77.7 Å². The average Bonchev–Trinajstić information content (AvgIpc) is 3.43. The van der Waals surface area contributed by atoms with Crippen molar-refractivity contribution in [1.29, 1.82) is 0 Å². The lowest BCUT2D eigenvalue weighted by atomic mass is 9.72. The summed E-state index contributed by atoms with van der Waals surface area (Å²) in [4.78, 5) is 42.4. The van der Waals surface area contributed by atoms with E-state index in [4.69, 9.17) is 14.2 Å². The van der Waals surface area contributed by atoms with Crippen molar-refractivity contribution in [1.82, 2.24) is 0 Å². The Bertz CT molecular complexity index is 1740. The zero-order chi connectivity index (χ0) is 33.7. The summed E-state index contributed by atoms with van der Waals surface area (Å²) >= 11 is 2.83. The minimum absolute atomic E-state index is 0.138. The number of carbonyl (C=O) groups excluding carboxylic acids is 3. The largest absolute Gasteiger partial charge is 0.496 e.